The van der Waals surface area contributed by atoms with Crippen molar-refractivity contribution in [2.45, 2.75) is 59.0 Å². The summed E-state index contributed by atoms with van der Waals surface area (Å²) in [6, 6.07) is 0. The molecule has 4 heteroatoms. The first-order valence-corrected chi connectivity index (χ1v) is 7.19. The quantitative estimate of drug-likeness (QED) is 0.555. The molecule has 0 saturated carbocycles. The van der Waals surface area contributed by atoms with Crippen LogP contribution in [0.15, 0.2) is 0 Å². The van der Waals surface area contributed by atoms with Gasteiger partial charge in [-0.1, -0.05) is 33.6 Å². The van der Waals surface area contributed by atoms with Gasteiger partial charge in [0.15, 0.2) is 0 Å². The van der Waals surface area contributed by atoms with Crippen molar-refractivity contribution in [3.05, 3.63) is 0 Å². The Morgan fingerprint density at radius 1 is 1.22 bits per heavy atom. The summed E-state index contributed by atoms with van der Waals surface area (Å²) in [5.41, 5.74) is 5.07. The van der Waals surface area contributed by atoms with Crippen LogP contribution in [-0.2, 0) is 4.79 Å². The summed E-state index contributed by atoms with van der Waals surface area (Å²) in [7, 11) is 0. The Morgan fingerprint density at radius 3 is 2.33 bits per heavy atom. The van der Waals surface area contributed by atoms with E-state index in [2.05, 4.69) is 18.7 Å². The lowest BCUT2D eigenvalue weighted by molar-refractivity contribution is -0.120. The topological polar surface area (TPSA) is 66.6 Å². The fourth-order valence-corrected chi connectivity index (χ4v) is 2.12. The average molecular weight is 258 g/mol. The summed E-state index contributed by atoms with van der Waals surface area (Å²) >= 11 is 0. The minimum Gasteiger partial charge on any atom is -0.392 e. The molecule has 1 amide bonds. The van der Waals surface area contributed by atoms with Crippen LogP contribution in [0.25, 0.3) is 0 Å². The SMILES string of the molecule is CCN(CC)CCCCC[C@@H](C)[C@@H](O)CC(N)=O. The van der Waals surface area contributed by atoms with Crippen LogP contribution in [0.3, 0.4) is 0 Å². The molecule has 18 heavy (non-hydrogen) atoms. The van der Waals surface area contributed by atoms with Gasteiger partial charge >= 0.3 is 0 Å². The predicted octanol–water partition coefficient (Wildman–Crippen LogP) is 1.76. The second kappa shape index (κ2) is 10.3. The molecule has 0 fully saturated rings. The summed E-state index contributed by atoms with van der Waals surface area (Å²) in [6.45, 7) is 9.75. The zero-order valence-corrected chi connectivity index (χ0v) is 12.2. The predicted molar refractivity (Wildman–Crippen MR) is 75.2 cm³/mol. The van der Waals surface area contributed by atoms with E-state index in [9.17, 15) is 9.90 Å². The minimum atomic E-state index is -0.578. The lowest BCUT2D eigenvalue weighted by Crippen LogP contribution is -2.25. The molecule has 0 aliphatic heterocycles. The monoisotopic (exact) mass is 258 g/mol. The maximum absolute atomic E-state index is 10.7. The van der Waals surface area contributed by atoms with Gasteiger partial charge in [0.1, 0.15) is 0 Å². The standard InChI is InChI=1S/C14H30N2O2/c1-4-16(5-2)10-8-6-7-9-12(3)13(17)11-14(15)18/h12-13,17H,4-11H2,1-3H3,(H2,15,18)/t12-,13+/m1/s1. The molecule has 0 unspecified atom stereocenters. The Hall–Kier alpha value is -0.610. The van der Waals surface area contributed by atoms with Crippen LogP contribution in [0.4, 0.5) is 0 Å². The van der Waals surface area contributed by atoms with Gasteiger partial charge in [0.2, 0.25) is 5.91 Å². The van der Waals surface area contributed by atoms with Crippen molar-refractivity contribution in [1.82, 2.24) is 4.90 Å². The number of nitrogens with zero attached hydrogens (tertiary/aromatic N) is 1. The summed E-state index contributed by atoms with van der Waals surface area (Å²) < 4.78 is 0. The molecule has 108 valence electrons. The first-order chi connectivity index (χ1) is 8.51. The molecule has 0 rings (SSSR count). The second-order valence-electron chi connectivity index (χ2n) is 5.09. The number of rotatable bonds is 11. The van der Waals surface area contributed by atoms with Gasteiger partial charge in [-0.05, 0) is 38.4 Å². The maximum atomic E-state index is 10.7. The molecule has 0 radical (unpaired) electrons. The van der Waals surface area contributed by atoms with E-state index < -0.39 is 12.0 Å². The molecular formula is C14H30N2O2. The van der Waals surface area contributed by atoms with Gasteiger partial charge in [-0.2, -0.15) is 0 Å². The van der Waals surface area contributed by atoms with E-state index in [4.69, 9.17) is 5.73 Å². The highest BCUT2D eigenvalue weighted by atomic mass is 16.3. The van der Waals surface area contributed by atoms with E-state index in [1.54, 1.807) is 0 Å². The third-order valence-corrected chi connectivity index (χ3v) is 3.60. The first-order valence-electron chi connectivity index (χ1n) is 7.19. The normalized spacial score (nSPS) is 14.7. The molecule has 0 aromatic rings. The molecule has 0 spiro atoms. The van der Waals surface area contributed by atoms with Gasteiger partial charge in [-0.15, -0.1) is 0 Å². The zero-order valence-electron chi connectivity index (χ0n) is 12.2. The number of carbonyl (C=O) groups excluding carboxylic acids is 1. The van der Waals surface area contributed by atoms with Crippen LogP contribution in [0, 0.1) is 5.92 Å². The number of hydrogen-bond acceptors (Lipinski definition) is 3. The Balaban J connectivity index is 3.56. The lowest BCUT2D eigenvalue weighted by Gasteiger charge is -2.19. The van der Waals surface area contributed by atoms with Crippen LogP contribution in [0.5, 0.6) is 0 Å². The number of primary amides is 1. The van der Waals surface area contributed by atoms with E-state index in [-0.39, 0.29) is 12.3 Å². The number of unbranched alkanes of at least 4 members (excludes halogenated alkanes) is 2. The fraction of sp³-hybridized carbons (Fsp3) is 0.929. The van der Waals surface area contributed by atoms with Gasteiger partial charge < -0.3 is 15.7 Å². The van der Waals surface area contributed by atoms with Crippen molar-refractivity contribution >= 4 is 5.91 Å². The van der Waals surface area contributed by atoms with E-state index in [0.29, 0.717) is 0 Å². The van der Waals surface area contributed by atoms with Crippen LogP contribution >= 0.6 is 0 Å². The molecule has 0 aromatic carbocycles. The number of nitrogens with two attached hydrogens (primary N) is 1. The lowest BCUT2D eigenvalue weighted by atomic mass is 9.95. The van der Waals surface area contributed by atoms with Crippen LogP contribution in [0.1, 0.15) is 52.9 Å². The molecule has 0 aliphatic rings. The van der Waals surface area contributed by atoms with Gasteiger partial charge in [-0.25, -0.2) is 0 Å². The van der Waals surface area contributed by atoms with Gasteiger partial charge in [-0.3, -0.25) is 4.79 Å². The summed E-state index contributed by atoms with van der Waals surface area (Å²) in [5.74, 6) is -0.262. The first kappa shape index (κ1) is 17.4. The van der Waals surface area contributed by atoms with Crippen molar-refractivity contribution in [2.75, 3.05) is 19.6 Å². The molecule has 0 bridgehead atoms. The third-order valence-electron chi connectivity index (χ3n) is 3.60. The second-order valence-corrected chi connectivity index (χ2v) is 5.09. The Kier molecular flexibility index (Phi) is 9.98. The highest BCUT2D eigenvalue weighted by Gasteiger charge is 2.15. The number of carbonyl (C=O) groups is 1. The van der Waals surface area contributed by atoms with Crippen molar-refractivity contribution < 1.29 is 9.90 Å². The van der Waals surface area contributed by atoms with E-state index in [1.807, 2.05) is 6.92 Å². The number of aliphatic hydroxyl groups excluding tert-OH is 1. The summed E-state index contributed by atoms with van der Waals surface area (Å²) in [6.07, 6.45) is 3.97. The number of amides is 1. The highest BCUT2D eigenvalue weighted by molar-refractivity contribution is 5.74. The van der Waals surface area contributed by atoms with Crippen molar-refractivity contribution in [3.8, 4) is 0 Å². The summed E-state index contributed by atoms with van der Waals surface area (Å²) in [4.78, 5) is 13.1. The van der Waals surface area contributed by atoms with Crippen LogP contribution in [-0.4, -0.2) is 41.7 Å². The molecule has 4 nitrogen and oxygen atoms in total. The van der Waals surface area contributed by atoms with E-state index in [0.717, 1.165) is 32.5 Å². The Bertz CT molecular complexity index is 218. The van der Waals surface area contributed by atoms with Gasteiger partial charge in [0.05, 0.1) is 12.5 Å². The Morgan fingerprint density at radius 2 is 1.83 bits per heavy atom. The molecule has 0 heterocycles. The molecular weight excluding hydrogens is 228 g/mol. The smallest absolute Gasteiger partial charge is 0.220 e. The maximum Gasteiger partial charge on any atom is 0.220 e. The minimum absolute atomic E-state index is 0.0839. The van der Waals surface area contributed by atoms with Crippen molar-refractivity contribution in [1.29, 1.82) is 0 Å². The zero-order chi connectivity index (χ0) is 14.0. The molecule has 3 N–H and O–H groups in total. The molecule has 2 atom stereocenters. The van der Waals surface area contributed by atoms with Crippen LogP contribution in [0.2, 0.25) is 0 Å². The number of aliphatic hydroxyl groups is 1. The number of hydrogen-bond donors (Lipinski definition) is 2. The Labute approximate surface area is 112 Å². The third kappa shape index (κ3) is 8.48. The van der Waals surface area contributed by atoms with E-state index in [1.165, 1.54) is 12.8 Å². The molecule has 0 saturated heterocycles. The van der Waals surface area contributed by atoms with Gasteiger partial charge in [0, 0.05) is 0 Å². The molecule has 0 aliphatic carbocycles. The largest absolute Gasteiger partial charge is 0.392 e. The van der Waals surface area contributed by atoms with Crippen molar-refractivity contribution in [2.24, 2.45) is 11.7 Å². The van der Waals surface area contributed by atoms with E-state index >= 15 is 0 Å². The summed E-state index contributed by atoms with van der Waals surface area (Å²) in [5, 5.41) is 9.70. The van der Waals surface area contributed by atoms with Crippen molar-refractivity contribution in [3.63, 3.8) is 0 Å². The molecule has 0 aromatic heterocycles. The van der Waals surface area contributed by atoms with Gasteiger partial charge in [0.25, 0.3) is 0 Å². The van der Waals surface area contributed by atoms with Crippen LogP contribution < -0.4 is 5.73 Å². The highest BCUT2D eigenvalue weighted by Crippen LogP contribution is 2.15. The average Bonchev–Trinajstić information content (AvgIpc) is 2.32. The fourth-order valence-electron chi connectivity index (χ4n) is 2.12.